The minimum atomic E-state index is 0.0612. The van der Waals surface area contributed by atoms with Gasteiger partial charge < -0.3 is 5.32 Å². The fraction of sp³-hybridized carbons (Fsp3) is 0.304. The van der Waals surface area contributed by atoms with Gasteiger partial charge in [-0.15, -0.1) is 0 Å². The first-order valence-corrected chi connectivity index (χ1v) is 10.4. The number of rotatable bonds is 2. The molecule has 136 valence electrons. The Hall–Kier alpha value is -2.33. The van der Waals surface area contributed by atoms with E-state index >= 15 is 0 Å². The summed E-state index contributed by atoms with van der Waals surface area (Å²) in [7, 11) is 0. The van der Waals surface area contributed by atoms with Crippen LogP contribution in [-0.4, -0.2) is 16.9 Å². The summed E-state index contributed by atoms with van der Waals surface area (Å²) in [6.07, 6.45) is 5.48. The maximum Gasteiger partial charge on any atom is 0.220 e. The first kappa shape index (κ1) is 16.8. The minimum Gasteiger partial charge on any atom is -0.352 e. The number of hydrogen-bond acceptors (Lipinski definition) is 3. The van der Waals surface area contributed by atoms with E-state index in [1.807, 2.05) is 12.3 Å². The predicted octanol–water partition coefficient (Wildman–Crippen LogP) is 4.87. The van der Waals surface area contributed by atoms with Gasteiger partial charge in [-0.3, -0.25) is 9.78 Å². The summed E-state index contributed by atoms with van der Waals surface area (Å²) in [6.45, 7) is 2.32. The van der Waals surface area contributed by atoms with Crippen LogP contribution in [0.15, 0.2) is 64.5 Å². The molecule has 0 spiro atoms. The van der Waals surface area contributed by atoms with Gasteiger partial charge in [0.1, 0.15) is 0 Å². The SMILES string of the molecule is C[C@]12CCC(=O)N[C@@H]1CCc1cc(Sc3cccc4cccnc34)ccc12. The lowest BCUT2D eigenvalue weighted by atomic mass is 9.64. The second-order valence-electron chi connectivity index (χ2n) is 7.83. The molecular formula is C23H22N2OS. The molecule has 1 amide bonds. The average Bonchev–Trinajstić information content (AvgIpc) is 2.69. The fourth-order valence-electron chi connectivity index (χ4n) is 4.67. The van der Waals surface area contributed by atoms with E-state index in [0.29, 0.717) is 6.42 Å². The average molecular weight is 375 g/mol. The molecule has 0 radical (unpaired) electrons. The number of nitrogens with zero attached hydrogens (tertiary/aromatic N) is 1. The maximum absolute atomic E-state index is 11.8. The number of amides is 1. The van der Waals surface area contributed by atoms with Crippen LogP contribution >= 0.6 is 11.8 Å². The van der Waals surface area contributed by atoms with Gasteiger partial charge in [0.05, 0.1) is 5.52 Å². The Labute approximate surface area is 163 Å². The molecule has 4 heteroatoms. The number of pyridine rings is 1. The molecule has 0 bridgehead atoms. The van der Waals surface area contributed by atoms with Gasteiger partial charge in [-0.1, -0.05) is 43.0 Å². The molecule has 0 saturated carbocycles. The van der Waals surface area contributed by atoms with Crippen LogP contribution in [0.25, 0.3) is 10.9 Å². The summed E-state index contributed by atoms with van der Waals surface area (Å²) in [5.74, 6) is 0.205. The summed E-state index contributed by atoms with van der Waals surface area (Å²) < 4.78 is 0. The van der Waals surface area contributed by atoms with Crippen molar-refractivity contribution in [1.29, 1.82) is 0 Å². The fourth-order valence-corrected chi connectivity index (χ4v) is 5.67. The molecule has 1 aliphatic heterocycles. The number of carbonyl (C=O) groups excluding carboxylic acids is 1. The zero-order valence-electron chi connectivity index (χ0n) is 15.4. The monoisotopic (exact) mass is 374 g/mol. The number of piperidine rings is 1. The van der Waals surface area contributed by atoms with Crippen LogP contribution in [0, 0.1) is 0 Å². The summed E-state index contributed by atoms with van der Waals surface area (Å²) >= 11 is 1.79. The topological polar surface area (TPSA) is 42.0 Å². The molecule has 5 rings (SSSR count). The van der Waals surface area contributed by atoms with Gasteiger partial charge in [-0.05, 0) is 54.7 Å². The Balaban J connectivity index is 1.49. The van der Waals surface area contributed by atoms with Gasteiger partial charge in [0.15, 0.2) is 0 Å². The Morgan fingerprint density at radius 1 is 1.15 bits per heavy atom. The van der Waals surface area contributed by atoms with E-state index in [2.05, 4.69) is 59.7 Å². The van der Waals surface area contributed by atoms with E-state index in [0.717, 1.165) is 24.8 Å². The highest BCUT2D eigenvalue weighted by atomic mass is 32.2. The lowest BCUT2D eigenvalue weighted by Crippen LogP contribution is -2.55. The van der Waals surface area contributed by atoms with E-state index < -0.39 is 0 Å². The van der Waals surface area contributed by atoms with Gasteiger partial charge in [0.25, 0.3) is 0 Å². The minimum absolute atomic E-state index is 0.0612. The molecule has 2 atom stereocenters. The zero-order valence-corrected chi connectivity index (χ0v) is 16.2. The number of benzene rings is 2. The lowest BCUT2D eigenvalue weighted by Gasteiger charge is -2.46. The van der Waals surface area contributed by atoms with Gasteiger partial charge in [0.2, 0.25) is 5.91 Å². The highest BCUT2D eigenvalue weighted by Gasteiger charge is 2.43. The molecule has 0 unspecified atom stereocenters. The third kappa shape index (κ3) is 2.83. The molecule has 1 aliphatic carbocycles. The number of para-hydroxylation sites is 1. The quantitative estimate of drug-likeness (QED) is 0.696. The van der Waals surface area contributed by atoms with Gasteiger partial charge in [-0.2, -0.15) is 0 Å². The number of hydrogen-bond donors (Lipinski definition) is 1. The molecule has 2 heterocycles. The molecule has 1 N–H and O–H groups in total. The van der Waals surface area contributed by atoms with Crippen LogP contribution in [-0.2, 0) is 16.6 Å². The van der Waals surface area contributed by atoms with Crippen molar-refractivity contribution in [3.8, 4) is 0 Å². The molecule has 3 nitrogen and oxygen atoms in total. The third-order valence-corrected chi connectivity index (χ3v) is 7.23. The number of nitrogens with one attached hydrogen (secondary N) is 1. The second-order valence-corrected chi connectivity index (χ2v) is 8.94. The zero-order chi connectivity index (χ0) is 18.4. The first-order chi connectivity index (χ1) is 13.1. The summed E-state index contributed by atoms with van der Waals surface area (Å²) in [6, 6.07) is 17.6. The molecular weight excluding hydrogens is 352 g/mol. The Kier molecular flexibility index (Phi) is 3.97. The standard InChI is InChI=1S/C23H22N2OS/c1-23-12-11-21(26)25-20(23)10-7-16-14-17(8-9-18(16)23)27-19-6-2-4-15-5-3-13-24-22(15)19/h2-6,8-9,13-14,20H,7,10-12H2,1H3,(H,25,26)/t20-,23-/m1/s1. The Morgan fingerprint density at radius 2 is 2.04 bits per heavy atom. The summed E-state index contributed by atoms with van der Waals surface area (Å²) in [5, 5.41) is 4.40. The predicted molar refractivity (Wildman–Crippen MR) is 109 cm³/mol. The molecule has 1 fully saturated rings. The molecule has 27 heavy (non-hydrogen) atoms. The lowest BCUT2D eigenvalue weighted by molar-refractivity contribution is -0.125. The Morgan fingerprint density at radius 3 is 2.96 bits per heavy atom. The summed E-state index contributed by atoms with van der Waals surface area (Å²) in [5.41, 5.74) is 3.97. The van der Waals surface area contributed by atoms with Crippen LogP contribution in [0.4, 0.5) is 0 Å². The van der Waals surface area contributed by atoms with Gasteiger partial charge in [-0.25, -0.2) is 0 Å². The van der Waals surface area contributed by atoms with Crippen molar-refractivity contribution in [2.75, 3.05) is 0 Å². The maximum atomic E-state index is 11.8. The smallest absolute Gasteiger partial charge is 0.220 e. The first-order valence-electron chi connectivity index (χ1n) is 9.58. The number of aromatic nitrogens is 1. The number of fused-ring (bicyclic) bond motifs is 4. The van der Waals surface area contributed by atoms with Gasteiger partial charge in [0, 0.05) is 39.3 Å². The van der Waals surface area contributed by atoms with E-state index in [1.54, 1.807) is 11.8 Å². The van der Waals surface area contributed by atoms with Crippen LogP contribution in [0.3, 0.4) is 0 Å². The van der Waals surface area contributed by atoms with Crippen molar-refractivity contribution in [3.05, 3.63) is 65.9 Å². The van der Waals surface area contributed by atoms with E-state index in [-0.39, 0.29) is 17.4 Å². The molecule has 2 aromatic carbocycles. The van der Waals surface area contributed by atoms with Crippen molar-refractivity contribution in [2.24, 2.45) is 0 Å². The molecule has 3 aromatic rings. The molecule has 2 aliphatic rings. The highest BCUT2D eigenvalue weighted by Crippen LogP contribution is 2.44. The van der Waals surface area contributed by atoms with Crippen molar-refractivity contribution >= 4 is 28.6 Å². The largest absolute Gasteiger partial charge is 0.352 e. The number of aryl methyl sites for hydroxylation is 1. The normalized spacial score (nSPS) is 24.2. The van der Waals surface area contributed by atoms with Crippen LogP contribution < -0.4 is 5.32 Å². The van der Waals surface area contributed by atoms with Crippen LogP contribution in [0.5, 0.6) is 0 Å². The van der Waals surface area contributed by atoms with E-state index in [4.69, 9.17) is 0 Å². The Bertz CT molecular complexity index is 1040. The third-order valence-electron chi connectivity index (χ3n) is 6.19. The van der Waals surface area contributed by atoms with Crippen molar-refractivity contribution in [1.82, 2.24) is 10.3 Å². The van der Waals surface area contributed by atoms with Crippen LogP contribution in [0.1, 0.15) is 37.3 Å². The summed E-state index contributed by atoms with van der Waals surface area (Å²) in [4.78, 5) is 18.8. The van der Waals surface area contributed by atoms with Crippen molar-refractivity contribution in [3.63, 3.8) is 0 Å². The van der Waals surface area contributed by atoms with E-state index in [9.17, 15) is 4.79 Å². The molecule has 1 saturated heterocycles. The van der Waals surface area contributed by atoms with Crippen molar-refractivity contribution in [2.45, 2.75) is 53.9 Å². The van der Waals surface area contributed by atoms with Crippen LogP contribution in [0.2, 0.25) is 0 Å². The molecule has 1 aromatic heterocycles. The van der Waals surface area contributed by atoms with E-state index in [1.165, 1.54) is 26.3 Å². The highest BCUT2D eigenvalue weighted by molar-refractivity contribution is 7.99. The van der Waals surface area contributed by atoms with Gasteiger partial charge >= 0.3 is 0 Å². The van der Waals surface area contributed by atoms with Crippen molar-refractivity contribution < 1.29 is 4.79 Å². The number of carbonyl (C=O) groups is 1. The second kappa shape index (κ2) is 6.38.